The maximum Gasteiger partial charge on any atom is 0.229 e. The number of likely N-dealkylation sites (tertiary alicyclic amines) is 1. The molecule has 1 saturated carbocycles. The number of nitrogens with zero attached hydrogens (tertiary/aromatic N) is 1. The largest absolute Gasteiger partial charge is 0.396 e. The van der Waals surface area contributed by atoms with Crippen LogP contribution in [-0.4, -0.2) is 50.4 Å². The zero-order valence-corrected chi connectivity index (χ0v) is 23.0. The van der Waals surface area contributed by atoms with Crippen molar-refractivity contribution in [2.24, 2.45) is 0 Å². The number of nitrogens with one attached hydrogen (secondary N) is 1. The van der Waals surface area contributed by atoms with Crippen molar-refractivity contribution in [1.82, 2.24) is 4.90 Å². The van der Waals surface area contributed by atoms with E-state index in [4.69, 9.17) is 0 Å². The molecule has 2 N–H and O–H groups in total. The molecule has 2 fully saturated rings. The number of hydrogen-bond donors (Lipinski definition) is 2. The van der Waals surface area contributed by atoms with Crippen LogP contribution in [0.25, 0.3) is 11.1 Å². The van der Waals surface area contributed by atoms with Gasteiger partial charge in [-0.3, -0.25) is 4.72 Å². The van der Waals surface area contributed by atoms with Gasteiger partial charge in [-0.15, -0.1) is 0 Å². The second kappa shape index (κ2) is 11.9. The van der Waals surface area contributed by atoms with Gasteiger partial charge in [0.05, 0.1) is 6.26 Å². The Bertz CT molecular complexity index is 1340. The van der Waals surface area contributed by atoms with E-state index < -0.39 is 10.0 Å². The van der Waals surface area contributed by atoms with Crippen LogP contribution in [0.2, 0.25) is 0 Å². The number of rotatable bonds is 10. The topological polar surface area (TPSA) is 69.6 Å². The minimum Gasteiger partial charge on any atom is -0.396 e. The zero-order valence-electron chi connectivity index (χ0n) is 22.1. The summed E-state index contributed by atoms with van der Waals surface area (Å²) >= 11 is 0. The molecule has 0 spiro atoms. The highest BCUT2D eigenvalue weighted by molar-refractivity contribution is 7.92. The molecule has 200 valence electrons. The standard InChI is InChI=1S/C32H38N2O3S/c1-38(36,37)33-29-15-13-28(14-16-29)32(31(8-5-23-35)26-6-3-2-4-7-26)27-11-9-24(10-12-27)25-19-21-34(22-20-25)30-17-18-30/h2-4,6-7,9-16,25,30,33,35H,5,8,17-23H2,1H3. The summed E-state index contributed by atoms with van der Waals surface area (Å²) in [6, 6.07) is 27.8. The van der Waals surface area contributed by atoms with Gasteiger partial charge in [0.1, 0.15) is 0 Å². The SMILES string of the molecule is CS(=O)(=O)Nc1ccc(C(=C(CCCO)c2ccccc2)c2ccc(C3CCN(C4CC4)CC3)cc2)cc1. The molecule has 1 heterocycles. The minimum atomic E-state index is -3.35. The molecule has 3 aromatic rings. The fourth-order valence-electron chi connectivity index (χ4n) is 5.70. The summed E-state index contributed by atoms with van der Waals surface area (Å²) in [6.45, 7) is 2.53. The minimum absolute atomic E-state index is 0.124. The van der Waals surface area contributed by atoms with Crippen LogP contribution >= 0.6 is 0 Å². The molecule has 0 atom stereocenters. The zero-order chi connectivity index (χ0) is 26.5. The fourth-order valence-corrected chi connectivity index (χ4v) is 6.27. The molecule has 1 aliphatic heterocycles. The smallest absolute Gasteiger partial charge is 0.229 e. The highest BCUT2D eigenvalue weighted by atomic mass is 32.2. The lowest BCUT2D eigenvalue weighted by atomic mass is 9.85. The number of benzene rings is 3. The van der Waals surface area contributed by atoms with Gasteiger partial charge in [0, 0.05) is 18.3 Å². The van der Waals surface area contributed by atoms with Gasteiger partial charge in [-0.05, 0) is 103 Å². The average molecular weight is 531 g/mol. The number of piperidine rings is 1. The van der Waals surface area contributed by atoms with Gasteiger partial charge in [-0.25, -0.2) is 8.42 Å². The third kappa shape index (κ3) is 6.73. The van der Waals surface area contributed by atoms with E-state index in [0.29, 0.717) is 18.0 Å². The Morgan fingerprint density at radius 3 is 2.00 bits per heavy atom. The van der Waals surface area contributed by atoms with Gasteiger partial charge in [-0.2, -0.15) is 0 Å². The van der Waals surface area contributed by atoms with Gasteiger partial charge in [0.25, 0.3) is 0 Å². The van der Waals surface area contributed by atoms with Crippen molar-refractivity contribution in [1.29, 1.82) is 0 Å². The van der Waals surface area contributed by atoms with Crippen molar-refractivity contribution >= 4 is 26.9 Å². The average Bonchev–Trinajstić information content (AvgIpc) is 3.78. The molecule has 1 aliphatic carbocycles. The first-order chi connectivity index (χ1) is 18.4. The highest BCUT2D eigenvalue weighted by Crippen LogP contribution is 2.38. The molecular weight excluding hydrogens is 492 g/mol. The molecule has 5 rings (SSSR count). The summed E-state index contributed by atoms with van der Waals surface area (Å²) in [7, 11) is -3.35. The van der Waals surface area contributed by atoms with Crippen LogP contribution in [0.5, 0.6) is 0 Å². The lowest BCUT2D eigenvalue weighted by Gasteiger charge is -2.32. The monoisotopic (exact) mass is 530 g/mol. The Morgan fingerprint density at radius 2 is 1.45 bits per heavy atom. The first kappa shape index (κ1) is 26.7. The predicted molar refractivity (Wildman–Crippen MR) is 157 cm³/mol. The second-order valence-electron chi connectivity index (χ2n) is 10.7. The van der Waals surface area contributed by atoms with Crippen molar-refractivity contribution in [2.75, 3.05) is 30.7 Å². The van der Waals surface area contributed by atoms with Crippen LogP contribution in [0.15, 0.2) is 78.9 Å². The van der Waals surface area contributed by atoms with Crippen molar-refractivity contribution in [2.45, 2.75) is 50.5 Å². The quantitative estimate of drug-likeness (QED) is 0.309. The van der Waals surface area contributed by atoms with Gasteiger partial charge in [0.15, 0.2) is 0 Å². The predicted octanol–water partition coefficient (Wildman–Crippen LogP) is 6.13. The maximum absolute atomic E-state index is 11.7. The molecule has 38 heavy (non-hydrogen) atoms. The van der Waals surface area contributed by atoms with Gasteiger partial charge >= 0.3 is 0 Å². The Kier molecular flexibility index (Phi) is 8.32. The van der Waals surface area contributed by atoms with E-state index in [1.54, 1.807) is 0 Å². The Labute approximate surface area is 227 Å². The summed E-state index contributed by atoms with van der Waals surface area (Å²) in [5.41, 5.74) is 7.52. The number of sulfonamides is 1. The Hall–Kier alpha value is -2.93. The van der Waals surface area contributed by atoms with E-state index in [2.05, 4.69) is 46.0 Å². The van der Waals surface area contributed by atoms with E-state index >= 15 is 0 Å². The summed E-state index contributed by atoms with van der Waals surface area (Å²) in [5.74, 6) is 0.607. The Morgan fingerprint density at radius 1 is 0.842 bits per heavy atom. The molecule has 5 nitrogen and oxygen atoms in total. The third-order valence-corrected chi connectivity index (χ3v) is 8.36. The van der Waals surface area contributed by atoms with E-state index in [9.17, 15) is 13.5 Å². The van der Waals surface area contributed by atoms with Crippen molar-refractivity contribution < 1.29 is 13.5 Å². The number of aliphatic hydroxyl groups is 1. The molecule has 0 bridgehead atoms. The first-order valence-corrected chi connectivity index (χ1v) is 15.6. The first-order valence-electron chi connectivity index (χ1n) is 13.7. The molecule has 3 aromatic carbocycles. The fraction of sp³-hybridized carbons (Fsp3) is 0.375. The van der Waals surface area contributed by atoms with Crippen molar-refractivity contribution in [3.63, 3.8) is 0 Å². The molecule has 2 aliphatic rings. The number of aliphatic hydroxyl groups excluding tert-OH is 1. The summed E-state index contributed by atoms with van der Waals surface area (Å²) in [6.07, 6.45) is 7.75. The number of anilines is 1. The van der Waals surface area contributed by atoms with Crippen LogP contribution in [0.4, 0.5) is 5.69 Å². The highest BCUT2D eigenvalue weighted by Gasteiger charge is 2.32. The lowest BCUT2D eigenvalue weighted by Crippen LogP contribution is -2.34. The van der Waals surface area contributed by atoms with Gasteiger partial charge < -0.3 is 10.0 Å². The van der Waals surface area contributed by atoms with Gasteiger partial charge in [-0.1, -0.05) is 66.7 Å². The van der Waals surface area contributed by atoms with Crippen LogP contribution < -0.4 is 4.72 Å². The van der Waals surface area contributed by atoms with E-state index in [1.165, 1.54) is 49.9 Å². The van der Waals surface area contributed by atoms with Crippen molar-refractivity contribution in [3.05, 3.63) is 101 Å². The summed E-state index contributed by atoms with van der Waals surface area (Å²) in [4.78, 5) is 2.67. The summed E-state index contributed by atoms with van der Waals surface area (Å²) < 4.78 is 26.0. The number of allylic oxidation sites excluding steroid dienone is 1. The summed E-state index contributed by atoms with van der Waals surface area (Å²) in [5, 5.41) is 9.68. The molecule has 0 unspecified atom stereocenters. The van der Waals surface area contributed by atoms with Crippen LogP contribution in [0.3, 0.4) is 0 Å². The molecule has 1 saturated heterocycles. The molecular formula is C32H38N2O3S. The molecule has 0 radical (unpaired) electrons. The van der Waals surface area contributed by atoms with E-state index in [0.717, 1.165) is 41.0 Å². The van der Waals surface area contributed by atoms with Gasteiger partial charge in [0.2, 0.25) is 10.0 Å². The van der Waals surface area contributed by atoms with E-state index in [1.807, 2.05) is 42.5 Å². The lowest BCUT2D eigenvalue weighted by molar-refractivity contribution is 0.203. The molecule has 0 amide bonds. The normalized spacial score (nSPS) is 17.7. The van der Waals surface area contributed by atoms with Crippen LogP contribution in [0, 0.1) is 0 Å². The molecule has 0 aromatic heterocycles. The van der Waals surface area contributed by atoms with Crippen LogP contribution in [0.1, 0.15) is 66.7 Å². The maximum atomic E-state index is 11.7. The Balaban J connectivity index is 1.50. The van der Waals surface area contributed by atoms with Crippen LogP contribution in [-0.2, 0) is 10.0 Å². The van der Waals surface area contributed by atoms with Crippen molar-refractivity contribution in [3.8, 4) is 0 Å². The second-order valence-corrected chi connectivity index (χ2v) is 12.4. The molecule has 6 heteroatoms. The third-order valence-electron chi connectivity index (χ3n) is 7.75. The number of hydrogen-bond acceptors (Lipinski definition) is 4. The van der Waals surface area contributed by atoms with E-state index in [-0.39, 0.29) is 6.61 Å².